The minimum absolute atomic E-state index is 0.0608. The average Bonchev–Trinajstić information content (AvgIpc) is 3.24. The summed E-state index contributed by atoms with van der Waals surface area (Å²) in [5.74, 6) is 0. The molecular weight excluding hydrogens is 330 g/mol. The van der Waals surface area contributed by atoms with Crippen molar-refractivity contribution in [3.63, 3.8) is 0 Å². The van der Waals surface area contributed by atoms with Gasteiger partial charge in [-0.05, 0) is 25.0 Å². The Morgan fingerprint density at radius 1 is 1.36 bits per heavy atom. The van der Waals surface area contributed by atoms with Crippen LogP contribution in [-0.2, 0) is 7.05 Å². The van der Waals surface area contributed by atoms with Crippen LogP contribution in [0.2, 0.25) is 0 Å². The first-order valence-electron chi connectivity index (χ1n) is 7.97. The molecule has 0 aliphatic heterocycles. The smallest absolute Gasteiger partial charge is 0.113 e. The second-order valence-electron chi connectivity index (χ2n) is 5.84. The summed E-state index contributed by atoms with van der Waals surface area (Å²) in [6.45, 7) is 7.88. The zero-order valence-electron chi connectivity index (χ0n) is 14.6. The summed E-state index contributed by atoms with van der Waals surface area (Å²) in [7, 11) is 1.98. The lowest BCUT2D eigenvalue weighted by Gasteiger charge is -2.26. The number of allylic oxidation sites excluding steroid dienone is 1. The van der Waals surface area contributed by atoms with Gasteiger partial charge in [0.05, 0.1) is 34.3 Å². The minimum atomic E-state index is -0.0608. The van der Waals surface area contributed by atoms with E-state index in [0.717, 1.165) is 27.4 Å². The predicted molar refractivity (Wildman–Crippen MR) is 103 cm³/mol. The number of imidazole rings is 1. The van der Waals surface area contributed by atoms with E-state index in [2.05, 4.69) is 40.8 Å². The molecule has 0 saturated carbocycles. The second-order valence-corrected chi connectivity index (χ2v) is 6.72. The van der Waals surface area contributed by atoms with Gasteiger partial charge in [-0.2, -0.15) is 5.10 Å². The maximum Gasteiger partial charge on any atom is 0.113 e. The molecule has 0 amide bonds. The highest BCUT2D eigenvalue weighted by Crippen LogP contribution is 2.34. The molecule has 5 nitrogen and oxygen atoms in total. The van der Waals surface area contributed by atoms with Crippen LogP contribution < -0.4 is 0 Å². The molecule has 1 aromatic carbocycles. The minimum Gasteiger partial charge on any atom is -0.334 e. The first kappa shape index (κ1) is 17.1. The molecule has 0 bridgehead atoms. The lowest BCUT2D eigenvalue weighted by atomic mass is 10.0. The van der Waals surface area contributed by atoms with Gasteiger partial charge in [0, 0.05) is 20.0 Å². The van der Waals surface area contributed by atoms with E-state index >= 15 is 0 Å². The van der Waals surface area contributed by atoms with Crippen LogP contribution in [-0.4, -0.2) is 26.3 Å². The number of thiazole rings is 1. The predicted octanol–water partition coefficient (Wildman–Crippen LogP) is 4.25. The zero-order valence-corrected chi connectivity index (χ0v) is 15.4. The van der Waals surface area contributed by atoms with Gasteiger partial charge in [-0.3, -0.25) is 5.01 Å². The van der Waals surface area contributed by atoms with Gasteiger partial charge in [0.2, 0.25) is 0 Å². The maximum atomic E-state index is 4.42. The fraction of sp³-hybridized carbons (Fsp3) is 0.211. The molecule has 0 saturated heterocycles. The molecule has 128 valence electrons. The molecule has 3 rings (SSSR count). The number of nitrogens with zero attached hydrogens (tertiary/aromatic N) is 5. The molecule has 0 aliphatic rings. The summed E-state index contributed by atoms with van der Waals surface area (Å²) in [5, 5.41) is 6.20. The quantitative estimate of drug-likeness (QED) is 0.492. The van der Waals surface area contributed by atoms with E-state index in [4.69, 9.17) is 0 Å². The zero-order chi connectivity index (χ0) is 17.8. The number of rotatable bonds is 6. The SMILES string of the molecule is C=NN(/C=C(\C)c1cncn1C)C(c1ccccc1)c1scnc1C. The Balaban J connectivity index is 2.06. The number of hydrazone groups is 1. The number of hydrogen-bond acceptors (Lipinski definition) is 5. The van der Waals surface area contributed by atoms with Crippen molar-refractivity contribution in [1.29, 1.82) is 0 Å². The first-order valence-corrected chi connectivity index (χ1v) is 8.84. The molecule has 0 aliphatic carbocycles. The van der Waals surface area contributed by atoms with Crippen molar-refractivity contribution in [3.05, 3.63) is 76.4 Å². The van der Waals surface area contributed by atoms with Gasteiger partial charge < -0.3 is 4.57 Å². The van der Waals surface area contributed by atoms with Crippen LogP contribution in [0.15, 0.2) is 59.7 Å². The van der Waals surface area contributed by atoms with E-state index in [-0.39, 0.29) is 6.04 Å². The van der Waals surface area contributed by atoms with E-state index < -0.39 is 0 Å². The standard InChI is InChI=1S/C19H21N5S/c1-14(17-10-21-12-23(17)4)11-24(20-3)18(16-8-6-5-7-9-16)19-15(2)22-13-25-19/h5-13,18H,3H2,1-2,4H3/b14-11+. The fourth-order valence-electron chi connectivity index (χ4n) is 2.83. The van der Waals surface area contributed by atoms with Crippen LogP contribution in [0.5, 0.6) is 0 Å². The molecule has 2 heterocycles. The second kappa shape index (κ2) is 7.44. The molecule has 0 fully saturated rings. The summed E-state index contributed by atoms with van der Waals surface area (Å²) in [6, 6.07) is 10.2. The monoisotopic (exact) mass is 351 g/mol. The Labute approximate surface area is 152 Å². The van der Waals surface area contributed by atoms with Crippen molar-refractivity contribution >= 4 is 23.6 Å². The molecule has 6 heteroatoms. The average molecular weight is 351 g/mol. The largest absolute Gasteiger partial charge is 0.334 e. The van der Waals surface area contributed by atoms with Gasteiger partial charge in [-0.1, -0.05) is 30.3 Å². The maximum absolute atomic E-state index is 4.42. The summed E-state index contributed by atoms with van der Waals surface area (Å²) >= 11 is 1.64. The number of hydrogen-bond donors (Lipinski definition) is 0. The van der Waals surface area contributed by atoms with E-state index in [1.165, 1.54) is 0 Å². The molecule has 3 aromatic rings. The topological polar surface area (TPSA) is 46.3 Å². The lowest BCUT2D eigenvalue weighted by molar-refractivity contribution is 0.341. The summed E-state index contributed by atoms with van der Waals surface area (Å²) in [4.78, 5) is 9.77. The highest BCUT2D eigenvalue weighted by Gasteiger charge is 2.24. The van der Waals surface area contributed by atoms with Crippen molar-refractivity contribution in [2.24, 2.45) is 12.1 Å². The number of aromatic nitrogens is 3. The van der Waals surface area contributed by atoms with Crippen LogP contribution in [0.4, 0.5) is 0 Å². The lowest BCUT2D eigenvalue weighted by Crippen LogP contribution is -2.19. The van der Waals surface area contributed by atoms with Crippen LogP contribution in [0.25, 0.3) is 5.57 Å². The Hall–Kier alpha value is -2.73. The Bertz CT molecular complexity index is 878. The Kier molecular flexibility index (Phi) is 5.09. The Morgan fingerprint density at radius 3 is 2.68 bits per heavy atom. The van der Waals surface area contributed by atoms with Crippen LogP contribution in [0.1, 0.15) is 34.8 Å². The van der Waals surface area contributed by atoms with Crippen molar-refractivity contribution in [2.75, 3.05) is 0 Å². The first-order chi connectivity index (χ1) is 12.1. The van der Waals surface area contributed by atoms with Crippen molar-refractivity contribution < 1.29 is 0 Å². The van der Waals surface area contributed by atoms with Crippen molar-refractivity contribution in [3.8, 4) is 0 Å². The Morgan fingerprint density at radius 2 is 2.12 bits per heavy atom. The van der Waals surface area contributed by atoms with Gasteiger partial charge in [0.25, 0.3) is 0 Å². The molecule has 1 atom stereocenters. The molecule has 0 N–H and O–H groups in total. The fourth-order valence-corrected chi connectivity index (χ4v) is 3.75. The molecule has 1 unspecified atom stereocenters. The van der Waals surface area contributed by atoms with Crippen LogP contribution in [0, 0.1) is 6.92 Å². The summed E-state index contributed by atoms with van der Waals surface area (Å²) < 4.78 is 1.99. The van der Waals surface area contributed by atoms with Crippen molar-refractivity contribution in [1.82, 2.24) is 19.5 Å². The molecular formula is C19H21N5S. The highest BCUT2D eigenvalue weighted by atomic mass is 32.1. The van der Waals surface area contributed by atoms with Crippen LogP contribution in [0.3, 0.4) is 0 Å². The molecule has 25 heavy (non-hydrogen) atoms. The van der Waals surface area contributed by atoms with Crippen LogP contribution >= 0.6 is 11.3 Å². The van der Waals surface area contributed by atoms with E-state index in [0.29, 0.717) is 0 Å². The molecule has 0 radical (unpaired) electrons. The van der Waals surface area contributed by atoms with Crippen molar-refractivity contribution in [2.45, 2.75) is 19.9 Å². The summed E-state index contributed by atoms with van der Waals surface area (Å²) in [6.07, 6.45) is 5.66. The number of aryl methyl sites for hydroxylation is 2. The van der Waals surface area contributed by atoms with Gasteiger partial charge in [0.1, 0.15) is 6.04 Å². The normalized spacial score (nSPS) is 12.8. The molecule has 2 aromatic heterocycles. The van der Waals surface area contributed by atoms with E-state index in [1.807, 2.05) is 59.7 Å². The van der Waals surface area contributed by atoms with Gasteiger partial charge in [-0.15, -0.1) is 11.3 Å². The third-order valence-corrected chi connectivity index (χ3v) is 5.10. The van der Waals surface area contributed by atoms with Gasteiger partial charge in [-0.25, -0.2) is 9.97 Å². The van der Waals surface area contributed by atoms with E-state index in [1.54, 1.807) is 17.7 Å². The third kappa shape index (κ3) is 3.53. The van der Waals surface area contributed by atoms with Gasteiger partial charge in [0.15, 0.2) is 0 Å². The molecule has 0 spiro atoms. The third-order valence-electron chi connectivity index (χ3n) is 4.12. The highest BCUT2D eigenvalue weighted by molar-refractivity contribution is 7.09. The van der Waals surface area contributed by atoms with E-state index in [9.17, 15) is 0 Å². The van der Waals surface area contributed by atoms with Gasteiger partial charge >= 0.3 is 0 Å². The number of benzene rings is 1. The summed E-state index contributed by atoms with van der Waals surface area (Å²) in [5.41, 5.74) is 6.15.